The fourth-order valence-electron chi connectivity index (χ4n) is 2.76. The van der Waals surface area contributed by atoms with E-state index in [9.17, 15) is 4.79 Å². The minimum Gasteiger partial charge on any atom is -0.369 e. The van der Waals surface area contributed by atoms with Crippen LogP contribution in [-0.2, 0) is 4.79 Å². The Bertz CT molecular complexity index is 672. The van der Waals surface area contributed by atoms with Gasteiger partial charge in [-0.1, -0.05) is 0 Å². The van der Waals surface area contributed by atoms with Crippen LogP contribution in [0.5, 0.6) is 0 Å². The smallest absolute Gasteiger partial charge is 0.240 e. The summed E-state index contributed by atoms with van der Waals surface area (Å²) >= 11 is 1.54. The van der Waals surface area contributed by atoms with Crippen molar-refractivity contribution in [2.24, 2.45) is 17.5 Å². The maximum atomic E-state index is 11.5. The Morgan fingerprint density at radius 1 is 1.48 bits per heavy atom. The standard InChI is InChI=1S/C13H18N6OS/c1-7-2-3-8(10(14)20)6-19(7)11-9-4-5-21-12(9)17-13(16-11)18-15/h4-5,7-8H,2-3,6,15H2,1H3,(H2,14,20)(H,16,17,18). The van der Waals surface area contributed by atoms with Gasteiger partial charge in [0.1, 0.15) is 10.6 Å². The first-order valence-corrected chi connectivity index (χ1v) is 7.76. The summed E-state index contributed by atoms with van der Waals surface area (Å²) in [4.78, 5) is 23.4. The van der Waals surface area contributed by atoms with Gasteiger partial charge in [0.05, 0.1) is 11.3 Å². The van der Waals surface area contributed by atoms with E-state index in [1.807, 2.05) is 11.4 Å². The first-order chi connectivity index (χ1) is 10.1. The predicted octanol–water partition coefficient (Wildman–Crippen LogP) is 1.07. The molecule has 1 fully saturated rings. The first-order valence-electron chi connectivity index (χ1n) is 6.88. The van der Waals surface area contributed by atoms with Crippen molar-refractivity contribution in [2.45, 2.75) is 25.8 Å². The average molecular weight is 306 g/mol. The van der Waals surface area contributed by atoms with Crippen LogP contribution in [0.2, 0.25) is 0 Å². The Balaban J connectivity index is 2.04. The van der Waals surface area contributed by atoms with E-state index in [4.69, 9.17) is 11.6 Å². The van der Waals surface area contributed by atoms with Crippen LogP contribution in [0.4, 0.5) is 11.8 Å². The van der Waals surface area contributed by atoms with Gasteiger partial charge in [-0.15, -0.1) is 11.3 Å². The van der Waals surface area contributed by atoms with Crippen molar-refractivity contribution in [3.63, 3.8) is 0 Å². The van der Waals surface area contributed by atoms with Gasteiger partial charge in [-0.05, 0) is 31.2 Å². The lowest BCUT2D eigenvalue weighted by Crippen LogP contribution is -2.46. The third-order valence-electron chi connectivity index (χ3n) is 3.99. The number of nitrogens with one attached hydrogen (secondary N) is 1. The van der Waals surface area contributed by atoms with Crippen LogP contribution >= 0.6 is 11.3 Å². The van der Waals surface area contributed by atoms with E-state index in [1.165, 1.54) is 11.3 Å². The fourth-order valence-corrected chi connectivity index (χ4v) is 3.52. The molecule has 3 rings (SSSR count). The zero-order valence-corrected chi connectivity index (χ0v) is 12.6. The Hall–Kier alpha value is -1.93. The van der Waals surface area contributed by atoms with E-state index in [0.717, 1.165) is 28.9 Å². The lowest BCUT2D eigenvalue weighted by Gasteiger charge is -2.38. The van der Waals surface area contributed by atoms with E-state index in [0.29, 0.717) is 18.5 Å². The van der Waals surface area contributed by atoms with E-state index >= 15 is 0 Å². The summed E-state index contributed by atoms with van der Waals surface area (Å²) in [5, 5.41) is 2.96. The number of aromatic nitrogens is 2. The molecule has 0 aliphatic carbocycles. The fraction of sp³-hybridized carbons (Fsp3) is 0.462. The predicted molar refractivity (Wildman–Crippen MR) is 84.0 cm³/mol. The van der Waals surface area contributed by atoms with Crippen LogP contribution in [0.1, 0.15) is 19.8 Å². The third kappa shape index (κ3) is 2.52. The van der Waals surface area contributed by atoms with Crippen LogP contribution in [0.25, 0.3) is 10.2 Å². The second kappa shape index (κ2) is 5.45. The van der Waals surface area contributed by atoms with Gasteiger partial charge in [-0.25, -0.2) is 10.8 Å². The largest absolute Gasteiger partial charge is 0.369 e. The molecule has 8 heteroatoms. The van der Waals surface area contributed by atoms with Crippen molar-refractivity contribution in [1.29, 1.82) is 0 Å². The number of thiophene rings is 1. The topological polar surface area (TPSA) is 110 Å². The molecule has 3 heterocycles. The number of hydrazine groups is 1. The number of amides is 1. The van der Waals surface area contributed by atoms with Crippen molar-refractivity contribution in [1.82, 2.24) is 9.97 Å². The number of nitrogen functional groups attached to an aromatic ring is 1. The van der Waals surface area contributed by atoms with Crippen LogP contribution in [0, 0.1) is 5.92 Å². The Kier molecular flexibility index (Phi) is 3.64. The maximum absolute atomic E-state index is 11.5. The summed E-state index contributed by atoms with van der Waals surface area (Å²) in [6, 6.07) is 2.29. The zero-order chi connectivity index (χ0) is 15.0. The minimum absolute atomic E-state index is 0.140. The molecule has 21 heavy (non-hydrogen) atoms. The molecule has 0 spiro atoms. The highest BCUT2D eigenvalue weighted by molar-refractivity contribution is 7.16. The van der Waals surface area contributed by atoms with Gasteiger partial charge in [0, 0.05) is 12.6 Å². The molecule has 0 saturated carbocycles. The van der Waals surface area contributed by atoms with Gasteiger partial charge < -0.3 is 10.6 Å². The van der Waals surface area contributed by atoms with Gasteiger partial charge in [0.25, 0.3) is 0 Å². The summed E-state index contributed by atoms with van der Waals surface area (Å²) in [6.07, 6.45) is 1.74. The Morgan fingerprint density at radius 2 is 2.29 bits per heavy atom. The minimum atomic E-state index is -0.250. The molecule has 2 aromatic heterocycles. The van der Waals surface area contributed by atoms with Crippen LogP contribution in [0.3, 0.4) is 0 Å². The third-order valence-corrected chi connectivity index (χ3v) is 4.80. The summed E-state index contributed by atoms with van der Waals surface area (Å²) < 4.78 is 0. The molecule has 1 aliphatic heterocycles. The number of primary amides is 1. The van der Waals surface area contributed by atoms with E-state index in [1.54, 1.807) is 0 Å². The van der Waals surface area contributed by atoms with E-state index in [2.05, 4.69) is 27.2 Å². The quantitative estimate of drug-likeness (QED) is 0.578. The number of piperidine rings is 1. The average Bonchev–Trinajstić information content (AvgIpc) is 2.94. The molecule has 1 amide bonds. The number of carbonyl (C=O) groups excluding carboxylic acids is 1. The number of hydrogen-bond donors (Lipinski definition) is 3. The van der Waals surface area contributed by atoms with Gasteiger partial charge >= 0.3 is 0 Å². The maximum Gasteiger partial charge on any atom is 0.240 e. The summed E-state index contributed by atoms with van der Waals surface area (Å²) in [7, 11) is 0. The molecule has 2 aromatic rings. The SMILES string of the molecule is CC1CCC(C(N)=O)CN1c1nc(NN)nc2sccc12. The van der Waals surface area contributed by atoms with Crippen molar-refractivity contribution in [3.8, 4) is 0 Å². The second-order valence-corrected chi connectivity index (χ2v) is 6.23. The summed E-state index contributed by atoms with van der Waals surface area (Å²) in [5.41, 5.74) is 7.98. The van der Waals surface area contributed by atoms with Crippen molar-refractivity contribution < 1.29 is 4.79 Å². The molecule has 7 nitrogen and oxygen atoms in total. The monoisotopic (exact) mass is 306 g/mol. The van der Waals surface area contributed by atoms with Crippen molar-refractivity contribution in [2.75, 3.05) is 16.9 Å². The Morgan fingerprint density at radius 3 is 3.00 bits per heavy atom. The highest BCUT2D eigenvalue weighted by atomic mass is 32.1. The van der Waals surface area contributed by atoms with Gasteiger partial charge in [0.15, 0.2) is 0 Å². The molecule has 2 unspecified atom stereocenters. The van der Waals surface area contributed by atoms with Gasteiger partial charge in [0.2, 0.25) is 11.9 Å². The molecular weight excluding hydrogens is 288 g/mol. The highest BCUT2D eigenvalue weighted by Crippen LogP contribution is 2.33. The molecule has 0 aromatic carbocycles. The van der Waals surface area contributed by atoms with Crippen LogP contribution in [0.15, 0.2) is 11.4 Å². The molecular formula is C13H18N6OS. The van der Waals surface area contributed by atoms with Gasteiger partial charge in [-0.2, -0.15) is 4.98 Å². The van der Waals surface area contributed by atoms with Crippen LogP contribution in [-0.4, -0.2) is 28.5 Å². The van der Waals surface area contributed by atoms with Gasteiger partial charge in [-0.3, -0.25) is 10.2 Å². The zero-order valence-electron chi connectivity index (χ0n) is 11.7. The van der Waals surface area contributed by atoms with E-state index in [-0.39, 0.29) is 11.8 Å². The van der Waals surface area contributed by atoms with Crippen molar-refractivity contribution >= 4 is 39.2 Å². The molecule has 1 saturated heterocycles. The number of nitrogens with two attached hydrogens (primary N) is 2. The van der Waals surface area contributed by atoms with E-state index < -0.39 is 0 Å². The number of nitrogens with zero attached hydrogens (tertiary/aromatic N) is 3. The summed E-state index contributed by atoms with van der Waals surface area (Å²) in [6.45, 7) is 2.72. The number of hydrogen-bond acceptors (Lipinski definition) is 7. The molecule has 2 atom stereocenters. The molecule has 5 N–H and O–H groups in total. The first kappa shape index (κ1) is 14.0. The molecule has 0 radical (unpaired) electrons. The number of anilines is 2. The number of carbonyl (C=O) groups is 1. The van der Waals surface area contributed by atoms with Crippen molar-refractivity contribution in [3.05, 3.63) is 11.4 Å². The molecule has 0 bridgehead atoms. The molecule has 112 valence electrons. The second-order valence-electron chi connectivity index (χ2n) is 5.33. The number of fused-ring (bicyclic) bond motifs is 1. The summed E-state index contributed by atoms with van der Waals surface area (Å²) in [5.74, 6) is 6.26. The highest BCUT2D eigenvalue weighted by Gasteiger charge is 2.30. The lowest BCUT2D eigenvalue weighted by atomic mass is 9.93. The lowest BCUT2D eigenvalue weighted by molar-refractivity contribution is -0.122. The van der Waals surface area contributed by atoms with Crippen LogP contribution < -0.4 is 21.9 Å². The number of rotatable bonds is 3. The Labute approximate surface area is 126 Å². The normalized spacial score (nSPS) is 22.5. The molecule has 1 aliphatic rings.